The van der Waals surface area contributed by atoms with E-state index in [1.54, 1.807) is 0 Å². The van der Waals surface area contributed by atoms with Gasteiger partial charge < -0.3 is 14.2 Å². The summed E-state index contributed by atoms with van der Waals surface area (Å²) in [7, 11) is 1.88. The standard InChI is InChI=1S/C10H11BrClN5O/c1-16-7-6(13-9(16)11)8(15-10(12)14-7)17-2-4-18-5-3-17/h2-5H2,1H3. The van der Waals surface area contributed by atoms with Gasteiger partial charge in [-0.1, -0.05) is 0 Å². The molecular weight excluding hydrogens is 322 g/mol. The fraction of sp³-hybridized carbons (Fsp3) is 0.500. The first kappa shape index (κ1) is 12.1. The smallest absolute Gasteiger partial charge is 0.226 e. The molecule has 1 aliphatic heterocycles. The quantitative estimate of drug-likeness (QED) is 0.587. The number of aryl methyl sites for hydroxylation is 1. The van der Waals surface area contributed by atoms with Gasteiger partial charge in [-0.05, 0) is 27.5 Å². The van der Waals surface area contributed by atoms with Crippen LogP contribution in [0, 0.1) is 0 Å². The van der Waals surface area contributed by atoms with Gasteiger partial charge in [0.2, 0.25) is 5.28 Å². The molecular formula is C10H11BrClN5O. The van der Waals surface area contributed by atoms with Gasteiger partial charge in [-0.15, -0.1) is 0 Å². The Labute approximate surface area is 117 Å². The van der Waals surface area contributed by atoms with Gasteiger partial charge in [0.1, 0.15) is 0 Å². The summed E-state index contributed by atoms with van der Waals surface area (Å²) in [6.07, 6.45) is 0. The van der Waals surface area contributed by atoms with Crippen LogP contribution in [0.3, 0.4) is 0 Å². The summed E-state index contributed by atoms with van der Waals surface area (Å²) in [5.74, 6) is 0.773. The summed E-state index contributed by atoms with van der Waals surface area (Å²) in [6.45, 7) is 2.96. The minimum Gasteiger partial charge on any atom is -0.378 e. The van der Waals surface area contributed by atoms with Gasteiger partial charge >= 0.3 is 0 Å². The van der Waals surface area contributed by atoms with Crippen molar-refractivity contribution in [1.29, 1.82) is 0 Å². The van der Waals surface area contributed by atoms with Gasteiger partial charge in [0, 0.05) is 20.1 Å². The molecule has 6 nitrogen and oxygen atoms in total. The molecule has 2 aromatic heterocycles. The van der Waals surface area contributed by atoms with Crippen LogP contribution >= 0.6 is 27.5 Å². The first-order chi connectivity index (χ1) is 8.66. The van der Waals surface area contributed by atoms with Gasteiger partial charge in [0.05, 0.1) is 13.2 Å². The highest BCUT2D eigenvalue weighted by Gasteiger charge is 2.20. The van der Waals surface area contributed by atoms with E-state index in [9.17, 15) is 0 Å². The molecule has 0 aromatic carbocycles. The van der Waals surface area contributed by atoms with Crippen LogP contribution in [0.5, 0.6) is 0 Å². The third-order valence-electron chi connectivity index (χ3n) is 2.93. The van der Waals surface area contributed by atoms with Gasteiger partial charge in [-0.25, -0.2) is 4.98 Å². The number of hydrogen-bond donors (Lipinski definition) is 0. The molecule has 1 aliphatic rings. The lowest BCUT2D eigenvalue weighted by Gasteiger charge is -2.27. The van der Waals surface area contributed by atoms with E-state index >= 15 is 0 Å². The fourth-order valence-electron chi connectivity index (χ4n) is 1.99. The molecule has 0 radical (unpaired) electrons. The average Bonchev–Trinajstić information content (AvgIpc) is 2.66. The molecule has 0 aliphatic carbocycles. The average molecular weight is 333 g/mol. The SMILES string of the molecule is Cn1c(Br)nc2c(N3CCOCC3)nc(Cl)nc21. The normalized spacial score (nSPS) is 16.5. The second-order valence-corrected chi connectivity index (χ2v) is 5.08. The second-order valence-electron chi connectivity index (χ2n) is 4.03. The maximum atomic E-state index is 5.99. The molecule has 0 N–H and O–H groups in total. The maximum absolute atomic E-state index is 5.99. The van der Waals surface area contributed by atoms with Crippen molar-refractivity contribution < 1.29 is 4.74 Å². The number of halogens is 2. The number of anilines is 1. The summed E-state index contributed by atoms with van der Waals surface area (Å²) in [4.78, 5) is 15.1. The molecule has 1 fully saturated rings. The van der Waals surface area contributed by atoms with Gasteiger partial charge in [-0.3, -0.25) is 0 Å². The molecule has 0 spiro atoms. The Balaban J connectivity index is 2.17. The van der Waals surface area contributed by atoms with Crippen molar-refractivity contribution in [3.8, 4) is 0 Å². The molecule has 3 heterocycles. The van der Waals surface area contributed by atoms with E-state index < -0.39 is 0 Å². The number of morpholine rings is 1. The van der Waals surface area contributed by atoms with E-state index in [1.165, 1.54) is 0 Å². The zero-order valence-corrected chi connectivity index (χ0v) is 12.1. The van der Waals surface area contributed by atoms with E-state index in [4.69, 9.17) is 16.3 Å². The molecule has 96 valence electrons. The largest absolute Gasteiger partial charge is 0.378 e. The van der Waals surface area contributed by atoms with Crippen LogP contribution in [0.25, 0.3) is 11.2 Å². The minimum atomic E-state index is 0.236. The molecule has 18 heavy (non-hydrogen) atoms. The summed E-state index contributed by atoms with van der Waals surface area (Å²) >= 11 is 9.38. The highest BCUT2D eigenvalue weighted by Crippen LogP contribution is 2.27. The highest BCUT2D eigenvalue weighted by molar-refractivity contribution is 9.10. The number of ether oxygens (including phenoxy) is 1. The zero-order valence-electron chi connectivity index (χ0n) is 9.73. The minimum absolute atomic E-state index is 0.236. The van der Waals surface area contributed by atoms with E-state index in [2.05, 4.69) is 35.8 Å². The molecule has 2 aromatic rings. The van der Waals surface area contributed by atoms with Gasteiger partial charge in [0.25, 0.3) is 0 Å². The Morgan fingerprint density at radius 3 is 2.67 bits per heavy atom. The van der Waals surface area contributed by atoms with Gasteiger partial charge in [0.15, 0.2) is 21.7 Å². The van der Waals surface area contributed by atoms with Crippen molar-refractivity contribution in [2.24, 2.45) is 7.05 Å². The molecule has 0 atom stereocenters. The van der Waals surface area contributed by atoms with Crippen LogP contribution in [-0.2, 0) is 11.8 Å². The van der Waals surface area contributed by atoms with Crippen LogP contribution in [0.2, 0.25) is 5.28 Å². The third kappa shape index (κ3) is 1.96. The number of fused-ring (bicyclic) bond motifs is 1. The predicted molar refractivity (Wildman–Crippen MR) is 72.0 cm³/mol. The van der Waals surface area contributed by atoms with Crippen LogP contribution in [0.4, 0.5) is 5.82 Å². The molecule has 3 rings (SSSR count). The molecule has 8 heteroatoms. The molecule has 0 unspecified atom stereocenters. The Kier molecular flexibility index (Phi) is 3.13. The summed E-state index contributed by atoms with van der Waals surface area (Å²) in [6, 6.07) is 0. The number of nitrogens with zero attached hydrogens (tertiary/aromatic N) is 5. The molecule has 1 saturated heterocycles. The Bertz CT molecular complexity index is 595. The number of aromatic nitrogens is 4. The first-order valence-corrected chi connectivity index (χ1v) is 6.72. The van der Waals surface area contributed by atoms with Crippen molar-refractivity contribution in [3.05, 3.63) is 10.0 Å². The first-order valence-electron chi connectivity index (χ1n) is 5.55. The lowest BCUT2D eigenvalue weighted by Crippen LogP contribution is -2.37. The molecule has 0 bridgehead atoms. The lowest BCUT2D eigenvalue weighted by atomic mass is 10.4. The van der Waals surface area contributed by atoms with Crippen LogP contribution in [0.15, 0.2) is 4.73 Å². The monoisotopic (exact) mass is 331 g/mol. The maximum Gasteiger partial charge on any atom is 0.226 e. The summed E-state index contributed by atoms with van der Waals surface area (Å²) < 4.78 is 7.89. The van der Waals surface area contributed by atoms with Crippen molar-refractivity contribution in [2.45, 2.75) is 0 Å². The lowest BCUT2D eigenvalue weighted by molar-refractivity contribution is 0.122. The number of imidazole rings is 1. The summed E-state index contributed by atoms with van der Waals surface area (Å²) in [5, 5.41) is 0.236. The topological polar surface area (TPSA) is 56.1 Å². The van der Waals surface area contributed by atoms with Crippen LogP contribution < -0.4 is 4.90 Å². The summed E-state index contributed by atoms with van der Waals surface area (Å²) in [5.41, 5.74) is 1.49. The van der Waals surface area contributed by atoms with Crippen LogP contribution in [-0.4, -0.2) is 45.8 Å². The zero-order chi connectivity index (χ0) is 12.7. The van der Waals surface area contributed by atoms with Crippen LogP contribution in [0.1, 0.15) is 0 Å². The molecule has 0 saturated carbocycles. The Morgan fingerprint density at radius 2 is 1.94 bits per heavy atom. The van der Waals surface area contributed by atoms with E-state index in [0.29, 0.717) is 17.9 Å². The second kappa shape index (κ2) is 4.64. The third-order valence-corrected chi connectivity index (χ3v) is 3.81. The van der Waals surface area contributed by atoms with Gasteiger partial charge in [-0.2, -0.15) is 9.97 Å². The molecule has 0 amide bonds. The number of rotatable bonds is 1. The van der Waals surface area contributed by atoms with Crippen molar-refractivity contribution in [2.75, 3.05) is 31.2 Å². The van der Waals surface area contributed by atoms with Crippen molar-refractivity contribution in [3.63, 3.8) is 0 Å². The van der Waals surface area contributed by atoms with E-state index in [1.807, 2.05) is 11.6 Å². The fourth-order valence-corrected chi connectivity index (χ4v) is 2.50. The van der Waals surface area contributed by atoms with E-state index in [-0.39, 0.29) is 5.28 Å². The predicted octanol–water partition coefficient (Wildman–Crippen LogP) is 1.62. The van der Waals surface area contributed by atoms with Crippen molar-refractivity contribution in [1.82, 2.24) is 19.5 Å². The Hall–Kier alpha value is -0.920. The number of hydrogen-bond acceptors (Lipinski definition) is 5. The highest BCUT2D eigenvalue weighted by atomic mass is 79.9. The van der Waals surface area contributed by atoms with E-state index in [0.717, 1.165) is 30.1 Å². The Morgan fingerprint density at radius 1 is 1.22 bits per heavy atom. The van der Waals surface area contributed by atoms with Crippen molar-refractivity contribution >= 4 is 44.5 Å².